The number of carbonyl (C=O) groups is 4. The number of hydrogen-bond acceptors (Lipinski definition) is 8. The van der Waals surface area contributed by atoms with Crippen molar-refractivity contribution >= 4 is 23.8 Å². The predicted octanol–water partition coefficient (Wildman–Crippen LogP) is 0.881. The largest absolute Gasteiger partial charge is 0.504 e. The van der Waals surface area contributed by atoms with E-state index in [0.717, 1.165) is 0 Å². The topological polar surface area (TPSA) is 151 Å². The first-order valence-corrected chi connectivity index (χ1v) is 8.72. The van der Waals surface area contributed by atoms with Crippen molar-refractivity contribution in [3.05, 3.63) is 47.5 Å². The number of carbonyl (C=O) groups excluding carboxylic acids is 4. The standard InChI is InChI=1S/C20H20N2O8/c1-11(23)29-17-6-4-14(8-18(17)30-12(2)24)10-22-20(28)19(27)21-9-13-3-5-15(25)16(26)7-13/h3-8,25-26H,9-10H2,1-2H3,(H,21,27)(H,22,28). The van der Waals surface area contributed by atoms with Crippen molar-refractivity contribution in [2.45, 2.75) is 26.9 Å². The molecule has 0 aromatic heterocycles. The molecule has 10 heteroatoms. The van der Waals surface area contributed by atoms with Crippen LogP contribution in [0, 0.1) is 0 Å². The molecule has 2 aromatic rings. The molecule has 0 unspecified atom stereocenters. The second kappa shape index (κ2) is 9.92. The first-order valence-electron chi connectivity index (χ1n) is 8.72. The van der Waals surface area contributed by atoms with Crippen LogP contribution in [-0.2, 0) is 32.3 Å². The average Bonchev–Trinajstić information content (AvgIpc) is 2.67. The molecule has 0 heterocycles. The van der Waals surface area contributed by atoms with Crippen LogP contribution in [0.2, 0.25) is 0 Å². The molecule has 30 heavy (non-hydrogen) atoms. The second-order valence-electron chi connectivity index (χ2n) is 6.16. The van der Waals surface area contributed by atoms with Crippen LogP contribution in [0.3, 0.4) is 0 Å². The number of hydrogen-bond donors (Lipinski definition) is 4. The van der Waals surface area contributed by atoms with Crippen molar-refractivity contribution in [2.75, 3.05) is 0 Å². The zero-order chi connectivity index (χ0) is 22.3. The summed E-state index contributed by atoms with van der Waals surface area (Å²) in [6, 6.07) is 8.33. The lowest BCUT2D eigenvalue weighted by atomic mass is 10.2. The molecule has 0 aliphatic rings. The number of amides is 2. The predicted molar refractivity (Wildman–Crippen MR) is 103 cm³/mol. The van der Waals surface area contributed by atoms with Gasteiger partial charge in [-0.05, 0) is 35.4 Å². The summed E-state index contributed by atoms with van der Waals surface area (Å²) in [5.74, 6) is -3.62. The second-order valence-corrected chi connectivity index (χ2v) is 6.16. The normalized spacial score (nSPS) is 10.1. The Kier molecular flexibility index (Phi) is 7.34. The van der Waals surface area contributed by atoms with Crippen LogP contribution < -0.4 is 20.1 Å². The van der Waals surface area contributed by atoms with E-state index in [1.165, 1.54) is 50.2 Å². The number of nitrogens with one attached hydrogen (secondary N) is 2. The van der Waals surface area contributed by atoms with Gasteiger partial charge >= 0.3 is 23.8 Å². The van der Waals surface area contributed by atoms with Gasteiger partial charge in [0.05, 0.1) is 0 Å². The minimum absolute atomic E-state index is 0.000962. The van der Waals surface area contributed by atoms with Gasteiger partial charge in [-0.25, -0.2) is 0 Å². The third-order valence-corrected chi connectivity index (χ3v) is 3.67. The Morgan fingerprint density at radius 3 is 1.77 bits per heavy atom. The summed E-state index contributed by atoms with van der Waals surface area (Å²) in [4.78, 5) is 46.2. The molecule has 10 nitrogen and oxygen atoms in total. The fraction of sp³-hybridized carbons (Fsp3) is 0.200. The molecule has 0 saturated heterocycles. The lowest BCUT2D eigenvalue weighted by Crippen LogP contribution is -2.39. The molecule has 0 atom stereocenters. The van der Waals surface area contributed by atoms with Gasteiger partial charge in [-0.2, -0.15) is 0 Å². The minimum atomic E-state index is -0.906. The first-order chi connectivity index (χ1) is 14.2. The maximum Gasteiger partial charge on any atom is 0.309 e. The number of aromatic hydroxyl groups is 2. The van der Waals surface area contributed by atoms with E-state index in [2.05, 4.69) is 10.6 Å². The maximum absolute atomic E-state index is 12.0. The van der Waals surface area contributed by atoms with E-state index in [4.69, 9.17) is 9.47 Å². The summed E-state index contributed by atoms with van der Waals surface area (Å²) in [5, 5.41) is 23.5. The number of benzene rings is 2. The number of ether oxygens (including phenoxy) is 2. The van der Waals surface area contributed by atoms with Crippen molar-refractivity contribution in [3.63, 3.8) is 0 Å². The van der Waals surface area contributed by atoms with Crippen molar-refractivity contribution in [1.82, 2.24) is 10.6 Å². The molecule has 4 N–H and O–H groups in total. The van der Waals surface area contributed by atoms with Gasteiger partial charge in [0.25, 0.3) is 0 Å². The monoisotopic (exact) mass is 416 g/mol. The van der Waals surface area contributed by atoms with Crippen LogP contribution in [0.5, 0.6) is 23.0 Å². The molecule has 0 aliphatic carbocycles. The zero-order valence-electron chi connectivity index (χ0n) is 16.2. The van der Waals surface area contributed by atoms with Crippen LogP contribution in [-0.4, -0.2) is 34.0 Å². The molecule has 2 aromatic carbocycles. The van der Waals surface area contributed by atoms with Crippen LogP contribution >= 0.6 is 0 Å². The summed E-state index contributed by atoms with van der Waals surface area (Å²) in [5.41, 5.74) is 0.977. The third-order valence-electron chi connectivity index (χ3n) is 3.67. The SMILES string of the molecule is CC(=O)Oc1ccc(CNC(=O)C(=O)NCc2ccc(O)c(O)c2)cc1OC(C)=O. The quantitative estimate of drug-likeness (QED) is 0.234. The van der Waals surface area contributed by atoms with E-state index in [0.29, 0.717) is 11.1 Å². The van der Waals surface area contributed by atoms with Gasteiger partial charge in [0.2, 0.25) is 0 Å². The van der Waals surface area contributed by atoms with E-state index in [1.54, 1.807) is 0 Å². The molecule has 0 spiro atoms. The van der Waals surface area contributed by atoms with Crippen molar-refractivity contribution in [2.24, 2.45) is 0 Å². The molecule has 0 aliphatic heterocycles. The van der Waals surface area contributed by atoms with Gasteiger partial charge in [0, 0.05) is 26.9 Å². The summed E-state index contributed by atoms with van der Waals surface area (Å²) in [7, 11) is 0. The van der Waals surface area contributed by atoms with E-state index in [9.17, 15) is 29.4 Å². The van der Waals surface area contributed by atoms with Gasteiger partial charge in [-0.15, -0.1) is 0 Å². The summed E-state index contributed by atoms with van der Waals surface area (Å²) in [6.07, 6.45) is 0. The highest BCUT2D eigenvalue weighted by atomic mass is 16.6. The number of rotatable bonds is 6. The Morgan fingerprint density at radius 2 is 1.23 bits per heavy atom. The summed E-state index contributed by atoms with van der Waals surface area (Å²) < 4.78 is 9.95. The lowest BCUT2D eigenvalue weighted by Gasteiger charge is -2.11. The number of phenols is 2. The van der Waals surface area contributed by atoms with E-state index >= 15 is 0 Å². The number of phenolic OH excluding ortho intramolecular Hbond substituents is 2. The lowest BCUT2D eigenvalue weighted by molar-refractivity contribution is -0.139. The van der Waals surface area contributed by atoms with Crippen molar-refractivity contribution < 1.29 is 38.9 Å². The average molecular weight is 416 g/mol. The van der Waals surface area contributed by atoms with Crippen LogP contribution in [0.25, 0.3) is 0 Å². The highest BCUT2D eigenvalue weighted by Crippen LogP contribution is 2.29. The molecule has 0 bridgehead atoms. The summed E-state index contributed by atoms with van der Waals surface area (Å²) >= 11 is 0. The Bertz CT molecular complexity index is 987. The molecular formula is C20H20N2O8. The molecule has 158 valence electrons. The Balaban J connectivity index is 1.95. The highest BCUT2D eigenvalue weighted by molar-refractivity contribution is 6.35. The van der Waals surface area contributed by atoms with Crippen LogP contribution in [0.15, 0.2) is 36.4 Å². The molecule has 0 fully saturated rings. The molecule has 2 rings (SSSR count). The van der Waals surface area contributed by atoms with Crippen molar-refractivity contribution in [1.29, 1.82) is 0 Å². The summed E-state index contributed by atoms with van der Waals surface area (Å²) in [6.45, 7) is 2.29. The molecule has 0 saturated carbocycles. The number of esters is 2. The molecular weight excluding hydrogens is 396 g/mol. The Labute approximate surface area is 171 Å². The minimum Gasteiger partial charge on any atom is -0.504 e. The van der Waals surface area contributed by atoms with Crippen LogP contribution in [0.4, 0.5) is 0 Å². The van der Waals surface area contributed by atoms with Crippen molar-refractivity contribution in [3.8, 4) is 23.0 Å². The zero-order valence-corrected chi connectivity index (χ0v) is 16.2. The smallest absolute Gasteiger partial charge is 0.309 e. The highest BCUT2D eigenvalue weighted by Gasteiger charge is 2.15. The van der Waals surface area contributed by atoms with E-state index < -0.39 is 23.8 Å². The molecule has 2 amide bonds. The van der Waals surface area contributed by atoms with E-state index in [1.807, 2.05) is 0 Å². The third kappa shape index (κ3) is 6.51. The first kappa shape index (κ1) is 22.2. The van der Waals surface area contributed by atoms with Gasteiger partial charge < -0.3 is 30.3 Å². The maximum atomic E-state index is 12.0. The van der Waals surface area contributed by atoms with Gasteiger partial charge in [-0.1, -0.05) is 12.1 Å². The van der Waals surface area contributed by atoms with E-state index in [-0.39, 0.29) is 36.1 Å². The molecule has 0 radical (unpaired) electrons. The fourth-order valence-electron chi connectivity index (χ4n) is 2.34. The van der Waals surface area contributed by atoms with Crippen LogP contribution in [0.1, 0.15) is 25.0 Å². The Hall–Kier alpha value is -4.08. The Morgan fingerprint density at radius 1 is 0.733 bits per heavy atom. The van der Waals surface area contributed by atoms with Gasteiger partial charge in [0.1, 0.15) is 0 Å². The van der Waals surface area contributed by atoms with Gasteiger partial charge in [0.15, 0.2) is 23.0 Å². The van der Waals surface area contributed by atoms with Gasteiger partial charge in [-0.3, -0.25) is 19.2 Å². The fourth-order valence-corrected chi connectivity index (χ4v) is 2.34.